The number of methoxy groups -OCH3 is 2. The van der Waals surface area contributed by atoms with Crippen LogP contribution in [-0.2, 0) is 16.0 Å². The first-order chi connectivity index (χ1) is 8.17. The smallest absolute Gasteiger partial charge is 0.305 e. The molecule has 0 aliphatic rings. The lowest BCUT2D eigenvalue weighted by molar-refractivity contribution is -0.139. The van der Waals surface area contributed by atoms with Crippen molar-refractivity contribution < 1.29 is 19.4 Å². The van der Waals surface area contributed by atoms with Gasteiger partial charge in [0.1, 0.15) is 5.75 Å². The third-order valence-corrected chi connectivity index (χ3v) is 2.66. The van der Waals surface area contributed by atoms with Gasteiger partial charge in [-0.15, -0.1) is 0 Å². The van der Waals surface area contributed by atoms with Gasteiger partial charge in [-0.05, 0) is 24.5 Å². The number of aliphatic carboxylic acids is 1. The van der Waals surface area contributed by atoms with E-state index in [-0.39, 0.29) is 12.5 Å². The van der Waals surface area contributed by atoms with Crippen LogP contribution in [0.4, 0.5) is 0 Å². The van der Waals surface area contributed by atoms with Gasteiger partial charge in [-0.3, -0.25) is 4.79 Å². The van der Waals surface area contributed by atoms with Crippen molar-refractivity contribution in [3.63, 3.8) is 0 Å². The summed E-state index contributed by atoms with van der Waals surface area (Å²) in [7, 11) is 3.17. The molecule has 0 fully saturated rings. The Morgan fingerprint density at radius 2 is 2.06 bits per heavy atom. The summed E-state index contributed by atoms with van der Waals surface area (Å²) in [6.07, 6.45) is 1.20. The van der Waals surface area contributed by atoms with Crippen LogP contribution >= 0.6 is 0 Å². The minimum Gasteiger partial charge on any atom is -0.496 e. The Bertz CT molecular complexity index is 362. The molecule has 1 atom stereocenters. The number of carbonyl (C=O) groups is 1. The first-order valence-corrected chi connectivity index (χ1v) is 5.54. The second kappa shape index (κ2) is 6.91. The Balaban J connectivity index is 2.56. The Labute approximate surface area is 101 Å². The first-order valence-electron chi connectivity index (χ1n) is 5.54. The van der Waals surface area contributed by atoms with Gasteiger partial charge in [0.15, 0.2) is 0 Å². The van der Waals surface area contributed by atoms with Crippen molar-refractivity contribution in [3.05, 3.63) is 29.8 Å². The number of carboxylic acids is 1. The van der Waals surface area contributed by atoms with E-state index < -0.39 is 5.97 Å². The van der Waals surface area contributed by atoms with E-state index in [9.17, 15) is 4.79 Å². The lowest BCUT2D eigenvalue weighted by Crippen LogP contribution is -2.16. The topological polar surface area (TPSA) is 55.8 Å². The third-order valence-electron chi connectivity index (χ3n) is 2.66. The van der Waals surface area contributed by atoms with Crippen LogP contribution in [0.1, 0.15) is 18.4 Å². The number of rotatable bonds is 7. The molecular weight excluding hydrogens is 220 g/mol. The van der Waals surface area contributed by atoms with Crippen molar-refractivity contribution >= 4 is 5.97 Å². The second-order valence-electron chi connectivity index (χ2n) is 3.81. The van der Waals surface area contributed by atoms with Gasteiger partial charge < -0.3 is 14.6 Å². The molecule has 4 heteroatoms. The zero-order chi connectivity index (χ0) is 12.7. The zero-order valence-electron chi connectivity index (χ0n) is 10.2. The molecule has 0 aromatic heterocycles. The fourth-order valence-electron chi connectivity index (χ4n) is 1.72. The largest absolute Gasteiger partial charge is 0.496 e. The van der Waals surface area contributed by atoms with Gasteiger partial charge in [-0.1, -0.05) is 18.2 Å². The van der Waals surface area contributed by atoms with Crippen LogP contribution in [0.3, 0.4) is 0 Å². The van der Waals surface area contributed by atoms with Crippen LogP contribution in [0.5, 0.6) is 5.75 Å². The van der Waals surface area contributed by atoms with Crippen molar-refractivity contribution in [1.82, 2.24) is 0 Å². The molecule has 1 aromatic carbocycles. The van der Waals surface area contributed by atoms with E-state index in [1.165, 1.54) is 7.11 Å². The summed E-state index contributed by atoms with van der Waals surface area (Å²) in [5.41, 5.74) is 1.07. The minimum atomic E-state index is -0.836. The summed E-state index contributed by atoms with van der Waals surface area (Å²) in [5, 5.41) is 8.71. The fourth-order valence-corrected chi connectivity index (χ4v) is 1.72. The quantitative estimate of drug-likeness (QED) is 0.790. The van der Waals surface area contributed by atoms with Gasteiger partial charge in [0.25, 0.3) is 0 Å². The maximum Gasteiger partial charge on any atom is 0.305 e. The van der Waals surface area contributed by atoms with Gasteiger partial charge in [-0.25, -0.2) is 0 Å². The monoisotopic (exact) mass is 238 g/mol. The Morgan fingerprint density at radius 1 is 1.35 bits per heavy atom. The van der Waals surface area contributed by atoms with E-state index in [0.717, 1.165) is 17.7 Å². The predicted molar refractivity (Wildman–Crippen MR) is 64.4 cm³/mol. The molecule has 0 aliphatic heterocycles. The molecule has 0 bridgehead atoms. The molecule has 1 unspecified atom stereocenters. The second-order valence-corrected chi connectivity index (χ2v) is 3.81. The van der Waals surface area contributed by atoms with Crippen LogP contribution in [0, 0.1) is 0 Å². The molecule has 0 spiro atoms. The summed E-state index contributed by atoms with van der Waals surface area (Å²) in [6, 6.07) is 7.73. The van der Waals surface area contributed by atoms with Crippen LogP contribution in [0.25, 0.3) is 0 Å². The highest BCUT2D eigenvalue weighted by Gasteiger charge is 2.13. The fraction of sp³-hybridized carbons (Fsp3) is 0.462. The minimum absolute atomic E-state index is 0.0334. The number of benzene rings is 1. The standard InChI is InChI=1S/C13H18O4/c1-16-11(9-13(14)15)8-7-10-5-3-4-6-12(10)17-2/h3-6,11H,7-9H2,1-2H3,(H,14,15). The van der Waals surface area contributed by atoms with Crippen molar-refractivity contribution in [2.24, 2.45) is 0 Å². The molecule has 0 aliphatic carbocycles. The van der Waals surface area contributed by atoms with E-state index in [0.29, 0.717) is 6.42 Å². The predicted octanol–water partition coefficient (Wildman–Crippen LogP) is 2.12. The Kier molecular flexibility index (Phi) is 5.49. The average Bonchev–Trinajstić information content (AvgIpc) is 2.34. The Hall–Kier alpha value is -1.55. The molecule has 0 amide bonds. The molecule has 17 heavy (non-hydrogen) atoms. The van der Waals surface area contributed by atoms with Crippen LogP contribution < -0.4 is 4.74 Å². The summed E-state index contributed by atoms with van der Waals surface area (Å²) in [5.74, 6) is -0.00504. The van der Waals surface area contributed by atoms with Crippen LogP contribution in [-0.4, -0.2) is 31.4 Å². The number of ether oxygens (including phenoxy) is 2. The lowest BCUT2D eigenvalue weighted by atomic mass is 10.0. The van der Waals surface area contributed by atoms with Gasteiger partial charge >= 0.3 is 5.97 Å². The summed E-state index contributed by atoms with van der Waals surface area (Å²) < 4.78 is 10.4. The van der Waals surface area contributed by atoms with Gasteiger partial charge in [0.2, 0.25) is 0 Å². The maximum atomic E-state index is 10.6. The summed E-state index contributed by atoms with van der Waals surface area (Å²) >= 11 is 0. The molecule has 0 saturated carbocycles. The van der Waals surface area contributed by atoms with E-state index in [4.69, 9.17) is 14.6 Å². The highest BCUT2D eigenvalue weighted by Crippen LogP contribution is 2.20. The number of aryl methyl sites for hydroxylation is 1. The molecule has 0 heterocycles. The molecule has 94 valence electrons. The van der Waals surface area contributed by atoms with Crippen LogP contribution in [0.2, 0.25) is 0 Å². The number of hydrogen-bond acceptors (Lipinski definition) is 3. The third kappa shape index (κ3) is 4.44. The van der Waals surface area contributed by atoms with Crippen molar-refractivity contribution in [2.75, 3.05) is 14.2 Å². The first kappa shape index (κ1) is 13.5. The van der Waals surface area contributed by atoms with E-state index in [2.05, 4.69) is 0 Å². The van der Waals surface area contributed by atoms with E-state index in [1.807, 2.05) is 24.3 Å². The van der Waals surface area contributed by atoms with Gasteiger partial charge in [0, 0.05) is 7.11 Å². The van der Waals surface area contributed by atoms with Gasteiger partial charge in [0.05, 0.1) is 19.6 Å². The SMILES string of the molecule is COc1ccccc1CCC(CC(=O)O)OC. The molecule has 0 saturated heterocycles. The average molecular weight is 238 g/mol. The number of hydrogen-bond donors (Lipinski definition) is 1. The summed E-state index contributed by atoms with van der Waals surface area (Å²) in [6.45, 7) is 0. The van der Waals surface area contributed by atoms with Crippen LogP contribution in [0.15, 0.2) is 24.3 Å². The van der Waals surface area contributed by atoms with Crippen molar-refractivity contribution in [2.45, 2.75) is 25.4 Å². The normalized spacial score (nSPS) is 12.1. The maximum absolute atomic E-state index is 10.6. The molecule has 1 rings (SSSR count). The highest BCUT2D eigenvalue weighted by molar-refractivity contribution is 5.67. The summed E-state index contributed by atoms with van der Waals surface area (Å²) in [4.78, 5) is 10.6. The Morgan fingerprint density at radius 3 is 2.65 bits per heavy atom. The molecule has 4 nitrogen and oxygen atoms in total. The van der Waals surface area contributed by atoms with E-state index >= 15 is 0 Å². The molecule has 1 aromatic rings. The number of carboxylic acid groups (broad SMARTS) is 1. The molecule has 0 radical (unpaired) electrons. The zero-order valence-corrected chi connectivity index (χ0v) is 10.2. The lowest BCUT2D eigenvalue weighted by Gasteiger charge is -2.14. The van der Waals surface area contributed by atoms with Crippen molar-refractivity contribution in [1.29, 1.82) is 0 Å². The number of para-hydroxylation sites is 1. The highest BCUT2D eigenvalue weighted by atomic mass is 16.5. The van der Waals surface area contributed by atoms with Gasteiger partial charge in [-0.2, -0.15) is 0 Å². The molecule has 1 N–H and O–H groups in total. The van der Waals surface area contributed by atoms with E-state index in [1.54, 1.807) is 7.11 Å². The molecular formula is C13H18O4. The van der Waals surface area contributed by atoms with Crippen molar-refractivity contribution in [3.8, 4) is 5.75 Å².